The molecule has 1 fully saturated rings. The number of halogens is 2. The Bertz CT molecular complexity index is 698. The van der Waals surface area contributed by atoms with E-state index in [2.05, 4.69) is 5.32 Å². The summed E-state index contributed by atoms with van der Waals surface area (Å²) in [6.45, 7) is 1.81. The lowest BCUT2D eigenvalue weighted by molar-refractivity contribution is -0.136. The standard InChI is InChI=1S/C16H16ClFN2O2S/c1-8-12(15(21)22-2)14(13-10(17)4-3-5-11(13)18)19-16(23)20(8)9-6-7-9/h3-5,9,14H,6-7H2,1-2H3,(H,19,23). The molecule has 122 valence electrons. The third-order valence-electron chi connectivity index (χ3n) is 4.13. The van der Waals surface area contributed by atoms with Crippen LogP contribution >= 0.6 is 23.8 Å². The lowest BCUT2D eigenvalue weighted by Crippen LogP contribution is -2.48. The highest BCUT2D eigenvalue weighted by molar-refractivity contribution is 7.80. The van der Waals surface area contributed by atoms with E-state index in [-0.39, 0.29) is 16.6 Å². The first-order valence-corrected chi connectivity index (χ1v) is 8.07. The minimum Gasteiger partial charge on any atom is -0.466 e. The molecular formula is C16H16ClFN2O2S. The smallest absolute Gasteiger partial charge is 0.337 e. The Balaban J connectivity index is 2.15. The quantitative estimate of drug-likeness (QED) is 0.666. The van der Waals surface area contributed by atoms with Crippen molar-refractivity contribution in [2.24, 2.45) is 0 Å². The van der Waals surface area contributed by atoms with Gasteiger partial charge in [0, 0.05) is 22.3 Å². The minimum atomic E-state index is -0.765. The summed E-state index contributed by atoms with van der Waals surface area (Å²) in [4.78, 5) is 14.2. The maximum absolute atomic E-state index is 14.3. The monoisotopic (exact) mass is 354 g/mol. The van der Waals surface area contributed by atoms with Crippen LogP contribution in [0.3, 0.4) is 0 Å². The number of benzene rings is 1. The third kappa shape index (κ3) is 2.81. The van der Waals surface area contributed by atoms with Crippen LogP contribution in [0.2, 0.25) is 5.02 Å². The topological polar surface area (TPSA) is 41.6 Å². The van der Waals surface area contributed by atoms with Gasteiger partial charge in [0.15, 0.2) is 5.11 Å². The minimum absolute atomic E-state index is 0.201. The summed E-state index contributed by atoms with van der Waals surface area (Å²) in [5, 5.41) is 3.77. The van der Waals surface area contributed by atoms with E-state index in [0.717, 1.165) is 12.8 Å². The van der Waals surface area contributed by atoms with Crippen molar-refractivity contribution < 1.29 is 13.9 Å². The fraction of sp³-hybridized carbons (Fsp3) is 0.375. The Hall–Kier alpha value is -1.66. The van der Waals surface area contributed by atoms with E-state index in [1.807, 2.05) is 4.90 Å². The van der Waals surface area contributed by atoms with Crippen LogP contribution in [0, 0.1) is 5.82 Å². The average molecular weight is 355 g/mol. The molecule has 1 aromatic carbocycles. The fourth-order valence-corrected chi connectivity index (χ4v) is 3.58. The van der Waals surface area contributed by atoms with Crippen molar-refractivity contribution in [3.8, 4) is 0 Å². The zero-order chi connectivity index (χ0) is 16.7. The summed E-state index contributed by atoms with van der Waals surface area (Å²) in [7, 11) is 1.30. The number of carbonyl (C=O) groups is 1. The van der Waals surface area contributed by atoms with E-state index in [1.165, 1.54) is 19.2 Å². The fourth-order valence-electron chi connectivity index (χ4n) is 2.91. The van der Waals surface area contributed by atoms with Crippen molar-refractivity contribution in [3.05, 3.63) is 45.9 Å². The van der Waals surface area contributed by atoms with Crippen LogP contribution in [0.5, 0.6) is 0 Å². The number of thiocarbonyl (C=S) groups is 1. The van der Waals surface area contributed by atoms with Crippen LogP contribution in [-0.4, -0.2) is 29.1 Å². The molecule has 0 spiro atoms. The number of ether oxygens (including phenoxy) is 1. The Morgan fingerprint density at radius 3 is 2.74 bits per heavy atom. The molecule has 1 heterocycles. The van der Waals surface area contributed by atoms with E-state index in [4.69, 9.17) is 28.6 Å². The number of hydrogen-bond acceptors (Lipinski definition) is 3. The molecular weight excluding hydrogens is 339 g/mol. The largest absolute Gasteiger partial charge is 0.466 e. The second-order valence-corrected chi connectivity index (χ2v) is 6.40. The van der Waals surface area contributed by atoms with Gasteiger partial charge in [-0.3, -0.25) is 0 Å². The first-order valence-electron chi connectivity index (χ1n) is 7.28. The molecule has 1 atom stereocenters. The number of nitrogens with one attached hydrogen (secondary N) is 1. The number of hydrogen-bond donors (Lipinski definition) is 1. The first kappa shape index (κ1) is 16.2. The lowest BCUT2D eigenvalue weighted by Gasteiger charge is -2.37. The van der Waals surface area contributed by atoms with Crippen LogP contribution in [0.1, 0.15) is 31.4 Å². The molecule has 2 aliphatic rings. The second-order valence-electron chi connectivity index (χ2n) is 5.61. The van der Waals surface area contributed by atoms with E-state index < -0.39 is 17.8 Å². The summed E-state index contributed by atoms with van der Waals surface area (Å²) < 4.78 is 19.2. The average Bonchev–Trinajstić information content (AvgIpc) is 3.31. The van der Waals surface area contributed by atoms with E-state index in [9.17, 15) is 9.18 Å². The Morgan fingerprint density at radius 1 is 1.48 bits per heavy atom. The van der Waals surface area contributed by atoms with Gasteiger partial charge in [0.05, 0.1) is 18.7 Å². The normalized spacial score (nSPS) is 21.3. The highest BCUT2D eigenvalue weighted by atomic mass is 35.5. The molecule has 3 rings (SSSR count). The van der Waals surface area contributed by atoms with Crippen molar-refractivity contribution in [1.82, 2.24) is 10.2 Å². The maximum atomic E-state index is 14.3. The summed E-state index contributed by atoms with van der Waals surface area (Å²) in [5.41, 5.74) is 1.22. The summed E-state index contributed by atoms with van der Waals surface area (Å²) in [6, 6.07) is 3.93. The van der Waals surface area contributed by atoms with Crippen molar-refractivity contribution in [3.63, 3.8) is 0 Å². The van der Waals surface area contributed by atoms with Crippen molar-refractivity contribution in [2.45, 2.75) is 31.8 Å². The number of rotatable bonds is 3. The number of methoxy groups -OCH3 is 1. The number of carbonyl (C=O) groups excluding carboxylic acids is 1. The molecule has 0 amide bonds. The Kier molecular flexibility index (Phi) is 4.29. The molecule has 0 radical (unpaired) electrons. The van der Waals surface area contributed by atoms with Gasteiger partial charge in [-0.15, -0.1) is 0 Å². The summed E-state index contributed by atoms with van der Waals surface area (Å²) >= 11 is 11.6. The third-order valence-corrected chi connectivity index (χ3v) is 4.78. The number of nitrogens with zero attached hydrogens (tertiary/aromatic N) is 1. The lowest BCUT2D eigenvalue weighted by atomic mass is 9.94. The predicted octanol–water partition coefficient (Wildman–Crippen LogP) is 3.32. The molecule has 1 aliphatic carbocycles. The van der Waals surface area contributed by atoms with E-state index in [0.29, 0.717) is 16.4 Å². The van der Waals surface area contributed by atoms with Crippen molar-refractivity contribution in [2.75, 3.05) is 7.11 Å². The van der Waals surface area contributed by atoms with Gasteiger partial charge >= 0.3 is 5.97 Å². The predicted molar refractivity (Wildman–Crippen MR) is 89.5 cm³/mol. The molecule has 0 aromatic heterocycles. The summed E-state index contributed by atoms with van der Waals surface area (Å²) in [6.07, 6.45) is 2.03. The van der Waals surface area contributed by atoms with Gasteiger partial charge < -0.3 is 15.0 Å². The van der Waals surface area contributed by atoms with Gasteiger partial charge in [0.25, 0.3) is 0 Å². The first-order chi connectivity index (χ1) is 11.0. The summed E-state index contributed by atoms with van der Waals surface area (Å²) in [5.74, 6) is -1.01. The molecule has 1 aromatic rings. The van der Waals surface area contributed by atoms with Gasteiger partial charge in [0.1, 0.15) is 5.82 Å². The highest BCUT2D eigenvalue weighted by Crippen LogP contribution is 2.40. The maximum Gasteiger partial charge on any atom is 0.337 e. The van der Waals surface area contributed by atoms with E-state index in [1.54, 1.807) is 13.0 Å². The van der Waals surface area contributed by atoms with Gasteiger partial charge in [-0.1, -0.05) is 17.7 Å². The zero-order valence-electron chi connectivity index (χ0n) is 12.7. The van der Waals surface area contributed by atoms with Gasteiger partial charge in [0.2, 0.25) is 0 Å². The van der Waals surface area contributed by atoms with Gasteiger partial charge in [-0.05, 0) is 44.1 Å². The van der Waals surface area contributed by atoms with Crippen LogP contribution in [0.4, 0.5) is 4.39 Å². The Labute approximate surface area is 144 Å². The van der Waals surface area contributed by atoms with E-state index >= 15 is 0 Å². The van der Waals surface area contributed by atoms with Crippen LogP contribution in [-0.2, 0) is 9.53 Å². The van der Waals surface area contributed by atoms with Crippen LogP contribution in [0.25, 0.3) is 0 Å². The molecule has 7 heteroatoms. The molecule has 1 N–H and O–H groups in total. The number of allylic oxidation sites excluding steroid dienone is 1. The highest BCUT2D eigenvalue weighted by Gasteiger charge is 2.41. The second kappa shape index (κ2) is 6.09. The molecule has 23 heavy (non-hydrogen) atoms. The van der Waals surface area contributed by atoms with Gasteiger partial charge in [-0.2, -0.15) is 0 Å². The van der Waals surface area contributed by atoms with Gasteiger partial charge in [-0.25, -0.2) is 9.18 Å². The van der Waals surface area contributed by atoms with Crippen LogP contribution < -0.4 is 5.32 Å². The zero-order valence-corrected chi connectivity index (χ0v) is 14.3. The molecule has 1 unspecified atom stereocenters. The SMILES string of the molecule is COC(=O)C1=C(C)N(C2CC2)C(=S)NC1c1c(F)cccc1Cl. The molecule has 0 bridgehead atoms. The van der Waals surface area contributed by atoms with Crippen molar-refractivity contribution in [1.29, 1.82) is 0 Å². The number of esters is 1. The van der Waals surface area contributed by atoms with Crippen molar-refractivity contribution >= 4 is 34.9 Å². The molecule has 1 aliphatic heterocycles. The molecule has 1 saturated carbocycles. The Morgan fingerprint density at radius 2 is 2.17 bits per heavy atom. The molecule has 0 saturated heterocycles. The molecule has 4 nitrogen and oxygen atoms in total. The van der Waals surface area contributed by atoms with Crippen LogP contribution in [0.15, 0.2) is 29.5 Å².